The number of rotatable bonds is 10. The predicted molar refractivity (Wildman–Crippen MR) is 140 cm³/mol. The molecule has 192 valence electrons. The number of hydrogen-bond donors (Lipinski definition) is 4. The molecular formula is C28H29N3O6. The molecule has 0 aliphatic carbocycles. The second kappa shape index (κ2) is 13.5. The van der Waals surface area contributed by atoms with E-state index in [1.165, 1.54) is 6.08 Å². The number of nitrogens with one attached hydrogen (secondary N) is 2. The quantitative estimate of drug-likeness (QED) is 0.241. The maximum atomic E-state index is 12.7. The van der Waals surface area contributed by atoms with E-state index in [1.807, 2.05) is 0 Å². The maximum Gasteiger partial charge on any atom is 0.414 e. The average Bonchev–Trinajstić information content (AvgIpc) is 2.91. The fraction of sp³-hybridized carbons (Fsp3) is 0.179. The van der Waals surface area contributed by atoms with Gasteiger partial charge in [0.05, 0.1) is 18.0 Å². The Morgan fingerprint density at radius 1 is 1.00 bits per heavy atom. The molecule has 0 heterocycles. The van der Waals surface area contributed by atoms with Crippen LogP contribution in [0, 0.1) is 5.92 Å². The lowest BCUT2D eigenvalue weighted by Gasteiger charge is -2.23. The number of nitrogen functional groups attached to an aromatic ring is 1. The molecule has 3 amide bonds. The van der Waals surface area contributed by atoms with Crippen LogP contribution < -0.4 is 21.1 Å². The minimum absolute atomic E-state index is 0.0965. The predicted octanol–water partition coefficient (Wildman–Crippen LogP) is 4.08. The van der Waals surface area contributed by atoms with E-state index in [2.05, 4.69) is 10.6 Å². The molecule has 0 fully saturated rings. The zero-order valence-corrected chi connectivity index (χ0v) is 20.3. The van der Waals surface area contributed by atoms with Gasteiger partial charge >= 0.3 is 6.09 Å². The monoisotopic (exact) mass is 503 g/mol. The van der Waals surface area contributed by atoms with E-state index >= 15 is 0 Å². The smallest absolute Gasteiger partial charge is 0.414 e. The van der Waals surface area contributed by atoms with Crippen molar-refractivity contribution >= 4 is 29.3 Å². The molecular weight excluding hydrogens is 474 g/mol. The molecule has 2 atom stereocenters. The highest BCUT2D eigenvalue weighted by Gasteiger charge is 2.24. The van der Waals surface area contributed by atoms with Crippen LogP contribution in [0.25, 0.3) is 0 Å². The van der Waals surface area contributed by atoms with Crippen LogP contribution >= 0.6 is 0 Å². The highest BCUT2D eigenvalue weighted by atomic mass is 16.6. The molecule has 0 spiro atoms. The lowest BCUT2D eigenvalue weighted by molar-refractivity contribution is -0.111. The number of aliphatic hydroxyl groups excluding tert-OH is 1. The van der Waals surface area contributed by atoms with Crippen molar-refractivity contribution in [2.24, 2.45) is 5.92 Å². The van der Waals surface area contributed by atoms with Crippen molar-refractivity contribution in [3.63, 3.8) is 0 Å². The van der Waals surface area contributed by atoms with Crippen molar-refractivity contribution < 1.29 is 29.0 Å². The molecule has 0 radical (unpaired) electrons. The lowest BCUT2D eigenvalue weighted by Crippen LogP contribution is -2.33. The summed E-state index contributed by atoms with van der Waals surface area (Å²) in [7, 11) is 0. The van der Waals surface area contributed by atoms with Gasteiger partial charge in [-0.1, -0.05) is 55.5 Å². The topological polar surface area (TPSA) is 140 Å². The highest BCUT2D eigenvalue weighted by Crippen LogP contribution is 2.30. The minimum atomic E-state index is -0.942. The van der Waals surface area contributed by atoms with Crippen molar-refractivity contribution in [2.45, 2.75) is 13.0 Å². The summed E-state index contributed by atoms with van der Waals surface area (Å²) in [5, 5.41) is 14.0. The Bertz CT molecular complexity index is 1250. The molecule has 0 saturated heterocycles. The summed E-state index contributed by atoms with van der Waals surface area (Å²) in [6.07, 6.45) is 1.11. The van der Waals surface area contributed by atoms with E-state index in [0.29, 0.717) is 28.3 Å². The molecule has 3 aromatic rings. The van der Waals surface area contributed by atoms with Crippen molar-refractivity contribution in [2.75, 3.05) is 24.3 Å². The van der Waals surface area contributed by atoms with Gasteiger partial charge < -0.3 is 25.6 Å². The number of nitrogens with two attached hydrogens (primary N) is 1. The summed E-state index contributed by atoms with van der Waals surface area (Å²) in [6.45, 7) is 1.70. The van der Waals surface area contributed by atoms with Crippen LogP contribution in [-0.2, 0) is 9.53 Å². The van der Waals surface area contributed by atoms with E-state index < -0.39 is 29.9 Å². The number of hydrogen-bond acceptors (Lipinski definition) is 7. The van der Waals surface area contributed by atoms with Crippen LogP contribution in [-0.4, -0.2) is 36.2 Å². The summed E-state index contributed by atoms with van der Waals surface area (Å²) in [5.41, 5.74) is 7.66. The lowest BCUT2D eigenvalue weighted by atomic mass is 9.96. The van der Waals surface area contributed by atoms with E-state index in [4.69, 9.17) is 20.3 Å². The van der Waals surface area contributed by atoms with Gasteiger partial charge in [0.25, 0.3) is 5.91 Å². The zero-order chi connectivity index (χ0) is 26.6. The third-order valence-corrected chi connectivity index (χ3v) is 5.28. The average molecular weight is 504 g/mol. The number of aliphatic hydroxyl groups is 1. The fourth-order valence-electron chi connectivity index (χ4n) is 3.45. The first-order valence-corrected chi connectivity index (χ1v) is 11.6. The number of alkyl carbamates (subject to hydrolysis) is 1. The first-order valence-electron chi connectivity index (χ1n) is 11.6. The van der Waals surface area contributed by atoms with Crippen LogP contribution in [0.2, 0.25) is 0 Å². The third-order valence-electron chi connectivity index (χ3n) is 5.28. The van der Waals surface area contributed by atoms with E-state index in [1.54, 1.807) is 91.9 Å². The van der Waals surface area contributed by atoms with Gasteiger partial charge in [-0.3, -0.25) is 14.9 Å². The van der Waals surface area contributed by atoms with Gasteiger partial charge in [0.15, 0.2) is 0 Å². The molecule has 0 saturated carbocycles. The van der Waals surface area contributed by atoms with Crippen LogP contribution in [0.4, 0.5) is 16.2 Å². The second-order valence-corrected chi connectivity index (χ2v) is 8.09. The van der Waals surface area contributed by atoms with Crippen molar-refractivity contribution in [3.8, 4) is 5.75 Å². The third kappa shape index (κ3) is 8.22. The van der Waals surface area contributed by atoms with Gasteiger partial charge in [0.2, 0.25) is 5.91 Å². The van der Waals surface area contributed by atoms with Crippen molar-refractivity contribution in [1.82, 2.24) is 5.32 Å². The zero-order valence-electron chi connectivity index (χ0n) is 20.3. The Balaban J connectivity index is 1.77. The van der Waals surface area contributed by atoms with E-state index in [-0.39, 0.29) is 13.2 Å². The molecule has 5 N–H and O–H groups in total. The molecule has 0 aliphatic rings. The Morgan fingerprint density at radius 3 is 2.46 bits per heavy atom. The maximum absolute atomic E-state index is 12.7. The van der Waals surface area contributed by atoms with Crippen LogP contribution in [0.15, 0.2) is 91.0 Å². The summed E-state index contributed by atoms with van der Waals surface area (Å²) >= 11 is 0. The number of imide groups is 1. The number of ether oxygens (including phenoxy) is 2. The minimum Gasteiger partial charge on any atom is -0.491 e. The van der Waals surface area contributed by atoms with Gasteiger partial charge in [0, 0.05) is 11.5 Å². The first-order chi connectivity index (χ1) is 17.9. The molecule has 0 unspecified atom stereocenters. The molecule has 0 aliphatic heterocycles. The number of para-hydroxylation sites is 2. The molecule has 37 heavy (non-hydrogen) atoms. The number of amides is 3. The van der Waals surface area contributed by atoms with Crippen LogP contribution in [0.3, 0.4) is 0 Å². The van der Waals surface area contributed by atoms with Crippen LogP contribution in [0.5, 0.6) is 5.75 Å². The Hall–Kier alpha value is -4.63. The normalized spacial score (nSPS) is 12.4. The van der Waals surface area contributed by atoms with Crippen molar-refractivity contribution in [1.29, 1.82) is 0 Å². The van der Waals surface area contributed by atoms with Crippen LogP contribution in [0.1, 0.15) is 28.9 Å². The summed E-state index contributed by atoms with van der Waals surface area (Å²) in [6, 6.07) is 22.0. The number of carbonyl (C=O) groups excluding carboxylic acids is 3. The van der Waals surface area contributed by atoms with E-state index in [0.717, 1.165) is 0 Å². The van der Waals surface area contributed by atoms with Gasteiger partial charge in [-0.05, 0) is 48.0 Å². The SMILES string of the molecule is C[C@H](/C=C/C(=O)Nc1ccccc1N)[C@H](OC(=O)NC(=O)c1ccccc1)c1cccc(OCCO)c1. The molecule has 9 nitrogen and oxygen atoms in total. The number of anilines is 2. The molecule has 0 bridgehead atoms. The largest absolute Gasteiger partial charge is 0.491 e. The first kappa shape index (κ1) is 27.0. The Labute approximate surface area is 214 Å². The fourth-order valence-corrected chi connectivity index (χ4v) is 3.45. The number of benzene rings is 3. The summed E-state index contributed by atoms with van der Waals surface area (Å²) in [4.78, 5) is 37.5. The Morgan fingerprint density at radius 2 is 1.73 bits per heavy atom. The van der Waals surface area contributed by atoms with Crippen molar-refractivity contribution in [3.05, 3.63) is 102 Å². The molecule has 3 rings (SSSR count). The number of carbonyl (C=O) groups is 3. The second-order valence-electron chi connectivity index (χ2n) is 8.09. The van der Waals surface area contributed by atoms with Gasteiger partial charge in [0.1, 0.15) is 18.5 Å². The molecule has 0 aromatic heterocycles. The molecule has 9 heteroatoms. The molecule has 3 aromatic carbocycles. The standard InChI is InChI=1S/C28H29N3O6/c1-19(14-15-25(33)30-24-13-6-5-12-23(24)29)26(21-10-7-11-22(18-21)36-17-16-32)37-28(35)31-27(34)20-8-3-2-4-9-20/h2-15,18-19,26,32H,16-17,29H2,1H3,(H,30,33)(H,31,34,35)/b15-14+/t19-,26+/m1/s1. The van der Waals surface area contributed by atoms with E-state index in [9.17, 15) is 14.4 Å². The van der Waals surface area contributed by atoms with Gasteiger partial charge in [-0.15, -0.1) is 0 Å². The van der Waals surface area contributed by atoms with Gasteiger partial charge in [-0.2, -0.15) is 0 Å². The summed E-state index contributed by atoms with van der Waals surface area (Å²) < 4.78 is 11.1. The highest BCUT2D eigenvalue weighted by molar-refractivity contribution is 6.03. The van der Waals surface area contributed by atoms with Gasteiger partial charge in [-0.25, -0.2) is 4.79 Å². The summed E-state index contributed by atoms with van der Waals surface area (Å²) in [5.74, 6) is -1.03. The Kier molecular flexibility index (Phi) is 9.81.